The van der Waals surface area contributed by atoms with Crippen molar-refractivity contribution in [2.24, 2.45) is 5.92 Å². The van der Waals surface area contributed by atoms with E-state index in [0.717, 1.165) is 0 Å². The number of rotatable bonds is 6. The minimum Gasteiger partial charge on any atom is -0.465 e. The summed E-state index contributed by atoms with van der Waals surface area (Å²) in [6, 6.07) is 1.59. The number of carbonyl (C=O) groups is 1. The zero-order valence-corrected chi connectivity index (χ0v) is 11.8. The Hall–Kier alpha value is -1.82. The third-order valence-corrected chi connectivity index (χ3v) is 2.79. The number of esters is 1. The fourth-order valence-corrected chi connectivity index (χ4v) is 1.62. The maximum absolute atomic E-state index is 11.7. The van der Waals surface area contributed by atoms with Crippen molar-refractivity contribution < 1.29 is 14.3 Å². The van der Waals surface area contributed by atoms with Crippen LogP contribution in [0.1, 0.15) is 24.2 Å². The number of nitrogens with zero attached hydrogens (tertiary/aromatic N) is 1. The highest BCUT2D eigenvalue weighted by atomic mass is 16.5. The molecule has 0 saturated carbocycles. The van der Waals surface area contributed by atoms with Crippen LogP contribution in [0.3, 0.4) is 0 Å². The van der Waals surface area contributed by atoms with E-state index < -0.39 is 5.97 Å². The minimum absolute atomic E-state index is 0.0459. The van der Waals surface area contributed by atoms with E-state index in [9.17, 15) is 4.79 Å². The Labute approximate surface area is 113 Å². The van der Waals surface area contributed by atoms with Gasteiger partial charge in [0.05, 0.1) is 31.6 Å². The van der Waals surface area contributed by atoms with Gasteiger partial charge in [-0.15, -0.1) is 0 Å². The molecule has 1 atom stereocenters. The molecule has 1 rings (SSSR count). The number of nitrogen functional groups attached to an aromatic ring is 1. The highest BCUT2D eigenvalue weighted by Gasteiger charge is 2.19. The van der Waals surface area contributed by atoms with Crippen molar-refractivity contribution in [1.82, 2.24) is 4.98 Å². The zero-order valence-electron chi connectivity index (χ0n) is 11.8. The Balaban J connectivity index is 3.01. The van der Waals surface area contributed by atoms with Gasteiger partial charge in [-0.3, -0.25) is 0 Å². The summed E-state index contributed by atoms with van der Waals surface area (Å²) in [6.45, 7) is 4.64. The van der Waals surface area contributed by atoms with Gasteiger partial charge in [-0.2, -0.15) is 0 Å². The van der Waals surface area contributed by atoms with Gasteiger partial charge in [0.15, 0.2) is 0 Å². The Morgan fingerprint density at radius 2 is 2.16 bits per heavy atom. The summed E-state index contributed by atoms with van der Waals surface area (Å²) >= 11 is 0. The largest absolute Gasteiger partial charge is 0.465 e. The van der Waals surface area contributed by atoms with Crippen molar-refractivity contribution >= 4 is 17.5 Å². The summed E-state index contributed by atoms with van der Waals surface area (Å²) in [4.78, 5) is 15.9. The van der Waals surface area contributed by atoms with E-state index in [0.29, 0.717) is 29.6 Å². The minimum atomic E-state index is -0.470. The number of nitrogens with one attached hydrogen (secondary N) is 1. The van der Waals surface area contributed by atoms with Gasteiger partial charge in [-0.1, -0.05) is 13.8 Å². The molecule has 6 heteroatoms. The van der Waals surface area contributed by atoms with Crippen LogP contribution in [0.5, 0.6) is 0 Å². The molecular formula is C13H21N3O3. The molecule has 1 unspecified atom stereocenters. The van der Waals surface area contributed by atoms with Crippen LogP contribution in [-0.2, 0) is 9.47 Å². The normalized spacial score (nSPS) is 12.3. The van der Waals surface area contributed by atoms with Crippen molar-refractivity contribution in [3.63, 3.8) is 0 Å². The molecule has 1 aromatic rings. The van der Waals surface area contributed by atoms with Crippen LogP contribution in [0, 0.1) is 5.92 Å². The Morgan fingerprint density at radius 1 is 1.47 bits per heavy atom. The molecule has 0 spiro atoms. The fraction of sp³-hybridized carbons (Fsp3) is 0.538. The number of anilines is 2. The molecular weight excluding hydrogens is 246 g/mol. The first-order chi connectivity index (χ1) is 8.99. The summed E-state index contributed by atoms with van der Waals surface area (Å²) in [5.41, 5.74) is 6.39. The molecule has 1 heterocycles. The molecule has 0 radical (unpaired) electrons. The van der Waals surface area contributed by atoms with Crippen molar-refractivity contribution in [1.29, 1.82) is 0 Å². The summed E-state index contributed by atoms with van der Waals surface area (Å²) in [5, 5.41) is 3.20. The van der Waals surface area contributed by atoms with Gasteiger partial charge in [0.25, 0.3) is 0 Å². The zero-order chi connectivity index (χ0) is 14.4. The first-order valence-electron chi connectivity index (χ1n) is 6.08. The second-order valence-electron chi connectivity index (χ2n) is 4.61. The number of ether oxygens (including phenoxy) is 2. The van der Waals surface area contributed by atoms with Crippen LogP contribution in [0.2, 0.25) is 0 Å². The van der Waals surface area contributed by atoms with Crippen molar-refractivity contribution in [3.8, 4) is 0 Å². The molecule has 0 aliphatic rings. The number of aromatic nitrogens is 1. The monoisotopic (exact) mass is 267 g/mol. The van der Waals surface area contributed by atoms with Crippen LogP contribution in [0.15, 0.2) is 12.3 Å². The Bertz CT molecular complexity index is 435. The topological polar surface area (TPSA) is 86.5 Å². The molecule has 0 fully saturated rings. The van der Waals surface area contributed by atoms with Gasteiger partial charge in [-0.25, -0.2) is 9.78 Å². The highest BCUT2D eigenvalue weighted by molar-refractivity contribution is 5.95. The third-order valence-electron chi connectivity index (χ3n) is 2.79. The molecule has 0 amide bonds. The third kappa shape index (κ3) is 4.10. The molecule has 0 saturated heterocycles. The summed E-state index contributed by atoms with van der Waals surface area (Å²) in [6.07, 6.45) is 1.50. The van der Waals surface area contributed by atoms with Gasteiger partial charge in [0, 0.05) is 7.11 Å². The number of hydrogen-bond acceptors (Lipinski definition) is 6. The standard InChI is InChI=1S/C13H21N3O3/c1-8(2)11(7-18-3)16-12-10(13(17)19-4)5-9(14)6-15-12/h5-6,8,11H,7,14H2,1-4H3,(H,15,16). The summed E-state index contributed by atoms with van der Waals surface area (Å²) in [7, 11) is 2.96. The maximum Gasteiger partial charge on any atom is 0.341 e. The van der Waals surface area contributed by atoms with E-state index >= 15 is 0 Å². The van der Waals surface area contributed by atoms with E-state index in [2.05, 4.69) is 24.1 Å². The number of methoxy groups -OCH3 is 2. The van der Waals surface area contributed by atoms with E-state index in [1.54, 1.807) is 13.2 Å². The van der Waals surface area contributed by atoms with Gasteiger partial charge in [-0.05, 0) is 12.0 Å². The number of pyridine rings is 1. The second kappa shape index (κ2) is 6.94. The quantitative estimate of drug-likeness (QED) is 0.760. The average Bonchev–Trinajstić information content (AvgIpc) is 2.38. The van der Waals surface area contributed by atoms with E-state index in [-0.39, 0.29) is 6.04 Å². The summed E-state index contributed by atoms with van der Waals surface area (Å²) in [5.74, 6) is 0.309. The molecule has 3 N–H and O–H groups in total. The van der Waals surface area contributed by atoms with Crippen molar-refractivity contribution in [2.75, 3.05) is 31.9 Å². The van der Waals surface area contributed by atoms with Crippen LogP contribution >= 0.6 is 0 Å². The van der Waals surface area contributed by atoms with Crippen LogP contribution in [0.4, 0.5) is 11.5 Å². The summed E-state index contributed by atoms with van der Waals surface area (Å²) < 4.78 is 9.88. The molecule has 19 heavy (non-hydrogen) atoms. The molecule has 1 aromatic heterocycles. The van der Waals surface area contributed by atoms with Crippen molar-refractivity contribution in [3.05, 3.63) is 17.8 Å². The molecule has 0 aliphatic heterocycles. The van der Waals surface area contributed by atoms with E-state index in [1.165, 1.54) is 13.3 Å². The van der Waals surface area contributed by atoms with Crippen LogP contribution < -0.4 is 11.1 Å². The van der Waals surface area contributed by atoms with Crippen LogP contribution in [-0.4, -0.2) is 37.8 Å². The first kappa shape index (κ1) is 15.2. The predicted octanol–water partition coefficient (Wildman–Crippen LogP) is 1.53. The number of nitrogens with two attached hydrogens (primary N) is 1. The predicted molar refractivity (Wildman–Crippen MR) is 74.1 cm³/mol. The number of carbonyl (C=O) groups excluding carboxylic acids is 1. The molecule has 106 valence electrons. The molecule has 6 nitrogen and oxygen atoms in total. The smallest absolute Gasteiger partial charge is 0.341 e. The molecule has 0 bridgehead atoms. The van der Waals surface area contributed by atoms with E-state index in [1.807, 2.05) is 0 Å². The molecule has 0 aliphatic carbocycles. The second-order valence-corrected chi connectivity index (χ2v) is 4.61. The fourth-order valence-electron chi connectivity index (χ4n) is 1.62. The SMILES string of the molecule is COCC(Nc1ncc(N)cc1C(=O)OC)C(C)C. The van der Waals surface area contributed by atoms with Gasteiger partial charge < -0.3 is 20.5 Å². The highest BCUT2D eigenvalue weighted by Crippen LogP contribution is 2.19. The maximum atomic E-state index is 11.7. The van der Waals surface area contributed by atoms with Crippen LogP contribution in [0.25, 0.3) is 0 Å². The van der Waals surface area contributed by atoms with Gasteiger partial charge in [0.1, 0.15) is 11.4 Å². The average molecular weight is 267 g/mol. The van der Waals surface area contributed by atoms with E-state index in [4.69, 9.17) is 15.2 Å². The lowest BCUT2D eigenvalue weighted by atomic mass is 10.1. The lowest BCUT2D eigenvalue weighted by Gasteiger charge is -2.23. The Morgan fingerprint density at radius 3 is 2.68 bits per heavy atom. The van der Waals surface area contributed by atoms with Gasteiger partial charge >= 0.3 is 5.97 Å². The lowest BCUT2D eigenvalue weighted by Crippen LogP contribution is -2.31. The Kier molecular flexibility index (Phi) is 5.57. The lowest BCUT2D eigenvalue weighted by molar-refractivity contribution is 0.0601. The molecule has 0 aromatic carbocycles. The van der Waals surface area contributed by atoms with Crippen molar-refractivity contribution in [2.45, 2.75) is 19.9 Å². The first-order valence-corrected chi connectivity index (χ1v) is 6.08. The number of hydrogen-bond donors (Lipinski definition) is 2. The van der Waals surface area contributed by atoms with Gasteiger partial charge in [0.2, 0.25) is 0 Å².